The van der Waals surface area contributed by atoms with Gasteiger partial charge in [0.05, 0.1) is 52.0 Å². The Morgan fingerprint density at radius 1 is 0.889 bits per heavy atom. The Hall–Kier alpha value is -4.85. The van der Waals surface area contributed by atoms with Crippen molar-refractivity contribution in [2.75, 3.05) is 7.11 Å². The number of ketones is 2. The van der Waals surface area contributed by atoms with Crippen LogP contribution < -0.4 is 0 Å². The van der Waals surface area contributed by atoms with Crippen molar-refractivity contribution in [3.8, 4) is 0 Å². The standard InChI is InChI=1S/C37H36N4O4/c1-8-20-17(3)25-16-27-37(6,9-2)23-12-10-11-22(32(23)40-27)31-18(4)21(13-14-28(42)45-7)33(41-31)30-34-29(35(43)36(30)44)19(5)24(39-34)15-26(20)38-25/h10-12,15-16,39-40H,8-9,13-14H2,1-7H3. The van der Waals surface area contributed by atoms with Crippen molar-refractivity contribution in [2.24, 2.45) is 0 Å². The molecule has 1 atom stereocenters. The van der Waals surface area contributed by atoms with Crippen molar-refractivity contribution in [3.05, 3.63) is 81.1 Å². The van der Waals surface area contributed by atoms with Crippen LogP contribution in [0.25, 0.3) is 44.2 Å². The Labute approximate surface area is 261 Å². The van der Waals surface area contributed by atoms with Crippen molar-refractivity contribution in [3.63, 3.8) is 0 Å². The van der Waals surface area contributed by atoms with E-state index in [0.29, 0.717) is 28.8 Å². The number of ether oxygens (including phenoxy) is 1. The number of benzene rings is 1. The van der Waals surface area contributed by atoms with Gasteiger partial charge < -0.3 is 14.7 Å². The zero-order valence-electron chi connectivity index (χ0n) is 26.7. The number of aromatic amines is 2. The lowest BCUT2D eigenvalue weighted by atomic mass is 9.78. The third-order valence-electron chi connectivity index (χ3n) is 10.3. The molecule has 0 spiro atoms. The summed E-state index contributed by atoms with van der Waals surface area (Å²) in [6, 6.07) is 10.4. The fourth-order valence-corrected chi connectivity index (χ4v) is 7.43. The van der Waals surface area contributed by atoms with Crippen LogP contribution in [0.4, 0.5) is 0 Å². The summed E-state index contributed by atoms with van der Waals surface area (Å²) in [4.78, 5) is 57.0. The maximum absolute atomic E-state index is 13.7. The molecule has 7 rings (SSSR count). The SMILES string of the molecule is CCC1=C(C)c2cc3[nH]c4c(cccc4c4nc(c5c6[nH]c(cc1n2)c(C)c6C(=O)C5=O)C(CCC(=O)OC)=C4C)C3(C)CC. The Kier molecular flexibility index (Phi) is 6.48. The van der Waals surface area contributed by atoms with Gasteiger partial charge in [-0.15, -0.1) is 0 Å². The van der Waals surface area contributed by atoms with E-state index in [4.69, 9.17) is 14.7 Å². The van der Waals surface area contributed by atoms with E-state index in [2.05, 4.69) is 49.8 Å². The highest BCUT2D eigenvalue weighted by Gasteiger charge is 2.39. The van der Waals surface area contributed by atoms with Gasteiger partial charge in [-0.1, -0.05) is 32.0 Å². The van der Waals surface area contributed by atoms with Gasteiger partial charge in [-0.05, 0) is 92.5 Å². The number of Topliss-reactive ketones (excluding diaryl/α,β-unsaturated/α-hetero) is 2. The summed E-state index contributed by atoms with van der Waals surface area (Å²) in [6.07, 6.45) is 2.11. The van der Waals surface area contributed by atoms with Gasteiger partial charge in [-0.25, -0.2) is 9.97 Å². The number of fused-ring (bicyclic) bond motifs is 8. The lowest BCUT2D eigenvalue weighted by Crippen LogP contribution is -2.19. The van der Waals surface area contributed by atoms with Gasteiger partial charge in [0.1, 0.15) is 0 Å². The van der Waals surface area contributed by atoms with E-state index in [1.165, 1.54) is 7.11 Å². The minimum Gasteiger partial charge on any atom is -0.469 e. The molecular formula is C37H36N4O4. The molecule has 3 aliphatic heterocycles. The van der Waals surface area contributed by atoms with E-state index in [1.54, 1.807) is 0 Å². The van der Waals surface area contributed by atoms with Crippen molar-refractivity contribution in [2.45, 2.75) is 72.6 Å². The normalized spacial score (nSPS) is 18.1. The second-order valence-electron chi connectivity index (χ2n) is 12.5. The first-order valence-electron chi connectivity index (χ1n) is 15.6. The Morgan fingerprint density at radius 3 is 2.36 bits per heavy atom. The topological polar surface area (TPSA) is 118 Å². The fraction of sp³-hybridized carbons (Fsp3) is 0.324. The van der Waals surface area contributed by atoms with Crippen LogP contribution in [-0.2, 0) is 14.9 Å². The average Bonchev–Trinajstić information content (AvgIpc) is 3.76. The number of aryl methyl sites for hydroxylation is 1. The molecule has 5 heterocycles. The van der Waals surface area contributed by atoms with Crippen molar-refractivity contribution >= 4 is 61.8 Å². The van der Waals surface area contributed by atoms with Crippen LogP contribution >= 0.6 is 0 Å². The number of hydrogen-bond acceptors (Lipinski definition) is 6. The van der Waals surface area contributed by atoms with Gasteiger partial charge in [-0.3, -0.25) is 14.4 Å². The van der Waals surface area contributed by atoms with Gasteiger partial charge in [0.15, 0.2) is 0 Å². The molecular weight excluding hydrogens is 564 g/mol. The van der Waals surface area contributed by atoms with E-state index in [-0.39, 0.29) is 23.4 Å². The molecule has 0 saturated heterocycles. The average molecular weight is 601 g/mol. The monoisotopic (exact) mass is 600 g/mol. The number of rotatable bonds is 5. The maximum atomic E-state index is 13.7. The molecule has 2 N–H and O–H groups in total. The molecule has 0 fully saturated rings. The number of carbonyl (C=O) groups is 3. The number of para-hydroxylation sites is 1. The summed E-state index contributed by atoms with van der Waals surface area (Å²) in [5.74, 6) is -1.49. The lowest BCUT2D eigenvalue weighted by molar-refractivity contribution is -0.140. The number of esters is 1. The van der Waals surface area contributed by atoms with Crippen molar-refractivity contribution in [1.29, 1.82) is 0 Å². The largest absolute Gasteiger partial charge is 0.469 e. The molecule has 0 amide bonds. The number of aromatic nitrogens is 4. The molecule has 45 heavy (non-hydrogen) atoms. The Balaban J connectivity index is 1.70. The zero-order chi connectivity index (χ0) is 31.9. The van der Waals surface area contributed by atoms with E-state index in [1.807, 2.05) is 32.0 Å². The molecule has 1 aromatic carbocycles. The van der Waals surface area contributed by atoms with Crippen molar-refractivity contribution in [1.82, 2.24) is 19.9 Å². The van der Waals surface area contributed by atoms with Crippen molar-refractivity contribution < 1.29 is 19.1 Å². The molecule has 3 aromatic rings. The summed E-state index contributed by atoms with van der Waals surface area (Å²) in [5, 5.41) is 0.905. The second kappa shape index (κ2) is 10.1. The summed E-state index contributed by atoms with van der Waals surface area (Å²) in [7, 11) is 1.36. The molecule has 8 bridgehead atoms. The van der Waals surface area contributed by atoms with Gasteiger partial charge in [0.2, 0.25) is 11.6 Å². The van der Waals surface area contributed by atoms with Crippen LogP contribution in [0.5, 0.6) is 0 Å². The Bertz CT molecular complexity index is 2180. The highest BCUT2D eigenvalue weighted by molar-refractivity contribution is 6.57. The van der Waals surface area contributed by atoms with Gasteiger partial charge in [0.25, 0.3) is 0 Å². The molecule has 8 heteroatoms. The number of nitrogens with zero attached hydrogens (tertiary/aromatic N) is 2. The lowest BCUT2D eigenvalue weighted by Gasteiger charge is -2.24. The first-order chi connectivity index (χ1) is 21.5. The summed E-state index contributed by atoms with van der Waals surface area (Å²) < 4.78 is 4.95. The number of carbonyl (C=O) groups excluding carboxylic acids is 3. The maximum Gasteiger partial charge on any atom is 0.305 e. The molecule has 1 aliphatic carbocycles. The number of H-pyrrole nitrogens is 2. The van der Waals surface area contributed by atoms with Crippen LogP contribution in [0.3, 0.4) is 0 Å². The van der Waals surface area contributed by atoms with Crippen LogP contribution in [-0.4, -0.2) is 44.6 Å². The minimum atomic E-state index is -0.589. The van der Waals surface area contributed by atoms with Crippen LogP contribution in [0.15, 0.2) is 30.3 Å². The minimum absolute atomic E-state index is 0.121. The highest BCUT2D eigenvalue weighted by Crippen LogP contribution is 2.46. The summed E-state index contributed by atoms with van der Waals surface area (Å²) in [5.41, 5.74) is 12.3. The van der Waals surface area contributed by atoms with E-state index >= 15 is 0 Å². The summed E-state index contributed by atoms with van der Waals surface area (Å²) >= 11 is 0. The smallest absolute Gasteiger partial charge is 0.305 e. The number of allylic oxidation sites excluding steroid dienone is 4. The highest BCUT2D eigenvalue weighted by atomic mass is 16.5. The van der Waals surface area contributed by atoms with Crippen LogP contribution in [0.1, 0.15) is 121 Å². The number of nitrogens with one attached hydrogen (secondary N) is 2. The quantitative estimate of drug-likeness (QED) is 0.228. The summed E-state index contributed by atoms with van der Waals surface area (Å²) in [6.45, 7) is 12.5. The van der Waals surface area contributed by atoms with E-state index in [9.17, 15) is 14.4 Å². The van der Waals surface area contributed by atoms with Gasteiger partial charge in [0, 0.05) is 28.4 Å². The van der Waals surface area contributed by atoms with E-state index in [0.717, 1.165) is 79.9 Å². The molecule has 2 aromatic heterocycles. The van der Waals surface area contributed by atoms with Gasteiger partial charge >= 0.3 is 5.97 Å². The first-order valence-corrected chi connectivity index (χ1v) is 15.6. The van der Waals surface area contributed by atoms with Crippen LogP contribution in [0.2, 0.25) is 0 Å². The molecule has 1 unspecified atom stereocenters. The van der Waals surface area contributed by atoms with Gasteiger partial charge in [-0.2, -0.15) is 0 Å². The molecule has 228 valence electrons. The third-order valence-corrected chi connectivity index (χ3v) is 10.3. The number of hydrogen-bond donors (Lipinski definition) is 2. The Morgan fingerprint density at radius 2 is 1.64 bits per heavy atom. The first kappa shape index (κ1) is 28.9. The molecule has 0 saturated carbocycles. The number of methoxy groups -OCH3 is 1. The fourth-order valence-electron chi connectivity index (χ4n) is 7.43. The molecule has 0 radical (unpaired) electrons. The predicted molar refractivity (Wildman–Crippen MR) is 176 cm³/mol. The van der Waals surface area contributed by atoms with E-state index < -0.39 is 11.6 Å². The molecule has 8 nitrogen and oxygen atoms in total. The zero-order valence-corrected chi connectivity index (χ0v) is 26.7. The third kappa shape index (κ3) is 3.94. The van der Waals surface area contributed by atoms with Crippen LogP contribution in [0, 0.1) is 6.92 Å². The predicted octanol–water partition coefficient (Wildman–Crippen LogP) is 7.82. The molecule has 4 aliphatic rings. The second-order valence-corrected chi connectivity index (χ2v) is 12.5.